The Morgan fingerprint density at radius 3 is 1.33 bits per heavy atom. The summed E-state index contributed by atoms with van der Waals surface area (Å²) in [5.74, 6) is 0. The van der Waals surface area contributed by atoms with E-state index in [0.717, 1.165) is 0 Å². The number of hydrogen-bond donors (Lipinski definition) is 2. The molecule has 54 valence electrons. The van der Waals surface area contributed by atoms with Crippen LogP contribution in [0.1, 0.15) is 21.3 Å². The predicted molar refractivity (Wildman–Crippen MR) is 36.5 cm³/mol. The zero-order valence-corrected chi connectivity index (χ0v) is 4.79. The van der Waals surface area contributed by atoms with Crippen molar-refractivity contribution < 1.29 is 10.4 Å². The van der Waals surface area contributed by atoms with Gasteiger partial charge in [-0.3, -0.25) is 0 Å². The maximum atomic E-state index is 8.03. The molecule has 0 saturated carbocycles. The minimum absolute atomic E-state index is 0. The minimum Gasteiger partial charge on any atom is -0.411 e. The highest BCUT2D eigenvalue weighted by Crippen LogP contribution is 1.79. The molecular formula is C5H12N2O2. The fourth-order valence-electron chi connectivity index (χ4n) is 0.145. The summed E-state index contributed by atoms with van der Waals surface area (Å²) < 4.78 is 0. The lowest BCUT2D eigenvalue weighted by molar-refractivity contribution is 0.313. The van der Waals surface area contributed by atoms with Gasteiger partial charge in [0.15, 0.2) is 0 Å². The van der Waals surface area contributed by atoms with Crippen molar-refractivity contribution in [2.24, 2.45) is 10.3 Å². The van der Waals surface area contributed by atoms with Crippen LogP contribution in [0.5, 0.6) is 0 Å². The topological polar surface area (TPSA) is 65.2 Å². The zero-order valence-electron chi connectivity index (χ0n) is 4.79. The van der Waals surface area contributed by atoms with Crippen molar-refractivity contribution in [1.82, 2.24) is 0 Å². The van der Waals surface area contributed by atoms with Crippen LogP contribution in [0.15, 0.2) is 10.3 Å². The van der Waals surface area contributed by atoms with Crippen LogP contribution in [0, 0.1) is 0 Å². The average Bonchev–Trinajstić information content (AvgIpc) is 1.84. The van der Waals surface area contributed by atoms with E-state index in [1.807, 2.05) is 0 Å². The quantitative estimate of drug-likeness (QED) is 0.321. The summed E-state index contributed by atoms with van der Waals surface area (Å²) in [5, 5.41) is 21.6. The molecule has 0 aliphatic heterocycles. The molecule has 0 aromatic rings. The Balaban J connectivity index is 0. The first kappa shape index (κ1) is 10.8. The lowest BCUT2D eigenvalue weighted by Crippen LogP contribution is -2.04. The molecule has 2 N–H and O–H groups in total. The second-order valence-electron chi connectivity index (χ2n) is 1.37. The third-order valence-electron chi connectivity index (χ3n) is 0.824. The van der Waals surface area contributed by atoms with Crippen molar-refractivity contribution in [3.8, 4) is 0 Å². The van der Waals surface area contributed by atoms with Gasteiger partial charge in [-0.2, -0.15) is 0 Å². The van der Waals surface area contributed by atoms with Crippen molar-refractivity contribution in [2.75, 3.05) is 0 Å². The summed E-state index contributed by atoms with van der Waals surface area (Å²) in [5.41, 5.74) is 0.625. The van der Waals surface area contributed by atoms with Crippen LogP contribution < -0.4 is 0 Å². The van der Waals surface area contributed by atoms with Gasteiger partial charge in [0.25, 0.3) is 0 Å². The molecule has 0 aliphatic carbocycles. The summed E-state index contributed by atoms with van der Waals surface area (Å²) in [6.07, 6.45) is 0. The molecule has 0 spiro atoms. The van der Waals surface area contributed by atoms with E-state index in [2.05, 4.69) is 10.3 Å². The summed E-state index contributed by atoms with van der Waals surface area (Å²) in [6, 6.07) is 0. The first-order chi connectivity index (χ1) is 3.72. The summed E-state index contributed by atoms with van der Waals surface area (Å²) in [7, 11) is 0. The second-order valence-corrected chi connectivity index (χ2v) is 1.37. The van der Waals surface area contributed by atoms with E-state index >= 15 is 0 Å². The van der Waals surface area contributed by atoms with E-state index in [-0.39, 0.29) is 7.43 Å². The highest BCUT2D eigenvalue weighted by atomic mass is 16.4. The Morgan fingerprint density at radius 2 is 1.22 bits per heavy atom. The second kappa shape index (κ2) is 5.08. The number of nitrogens with zero attached hydrogens (tertiary/aromatic N) is 2. The molecule has 0 aromatic heterocycles. The van der Waals surface area contributed by atoms with Crippen LogP contribution in [0.2, 0.25) is 0 Å². The molecule has 0 rings (SSSR count). The van der Waals surface area contributed by atoms with E-state index in [9.17, 15) is 0 Å². The Morgan fingerprint density at radius 1 is 1.00 bits per heavy atom. The van der Waals surface area contributed by atoms with Gasteiger partial charge in [-0.05, 0) is 13.8 Å². The van der Waals surface area contributed by atoms with E-state index < -0.39 is 0 Å². The standard InChI is InChI=1S/C4H8N2O2.CH4/c1-3(5-7)4(2)6-8;/h7-8H,1-2H3;1H4. The lowest BCUT2D eigenvalue weighted by atomic mass is 10.3. The Kier molecular flexibility index (Phi) is 6.12. The summed E-state index contributed by atoms with van der Waals surface area (Å²) in [6.45, 7) is 3.07. The minimum atomic E-state index is 0. The molecule has 0 bridgehead atoms. The molecule has 0 aliphatic rings. The monoisotopic (exact) mass is 132 g/mol. The fraction of sp³-hybridized carbons (Fsp3) is 0.600. The zero-order chi connectivity index (χ0) is 6.57. The van der Waals surface area contributed by atoms with Crippen LogP contribution in [0.4, 0.5) is 0 Å². The molecule has 4 heteroatoms. The van der Waals surface area contributed by atoms with Crippen molar-refractivity contribution in [2.45, 2.75) is 21.3 Å². The normalized spacial score (nSPS) is 12.7. The van der Waals surface area contributed by atoms with E-state index in [1.165, 1.54) is 13.8 Å². The molecule has 0 saturated heterocycles. The third-order valence-corrected chi connectivity index (χ3v) is 0.824. The van der Waals surface area contributed by atoms with Gasteiger partial charge < -0.3 is 10.4 Å². The Labute approximate surface area is 54.5 Å². The number of oxime groups is 2. The highest BCUT2D eigenvalue weighted by molar-refractivity contribution is 6.40. The molecule has 4 nitrogen and oxygen atoms in total. The fourth-order valence-corrected chi connectivity index (χ4v) is 0.145. The van der Waals surface area contributed by atoms with Crippen LogP contribution in [-0.4, -0.2) is 21.8 Å². The van der Waals surface area contributed by atoms with Crippen molar-refractivity contribution in [3.05, 3.63) is 0 Å². The predicted octanol–water partition coefficient (Wildman–Crippen LogP) is 1.32. The Hall–Kier alpha value is -1.06. The molecular weight excluding hydrogens is 120 g/mol. The van der Waals surface area contributed by atoms with E-state index in [1.54, 1.807) is 0 Å². The highest BCUT2D eigenvalue weighted by Gasteiger charge is 1.93. The average molecular weight is 132 g/mol. The molecule has 0 heterocycles. The molecule has 0 atom stereocenters. The molecule has 0 fully saturated rings. The number of rotatable bonds is 1. The molecule has 0 unspecified atom stereocenters. The molecule has 0 amide bonds. The summed E-state index contributed by atoms with van der Waals surface area (Å²) in [4.78, 5) is 0. The van der Waals surface area contributed by atoms with Gasteiger partial charge in [0.05, 0.1) is 0 Å². The third kappa shape index (κ3) is 3.52. The maximum absolute atomic E-state index is 8.03. The van der Waals surface area contributed by atoms with Gasteiger partial charge in [0, 0.05) is 0 Å². The SMILES string of the molecule is C.CC(=NO)C(C)=NO. The van der Waals surface area contributed by atoms with E-state index in [4.69, 9.17) is 10.4 Å². The van der Waals surface area contributed by atoms with Gasteiger partial charge >= 0.3 is 0 Å². The van der Waals surface area contributed by atoms with Crippen LogP contribution in [0.3, 0.4) is 0 Å². The van der Waals surface area contributed by atoms with Gasteiger partial charge in [0.1, 0.15) is 11.4 Å². The maximum Gasteiger partial charge on any atom is 0.101 e. The molecule has 0 aromatic carbocycles. The van der Waals surface area contributed by atoms with Crippen molar-refractivity contribution in [1.29, 1.82) is 0 Å². The number of hydrogen-bond acceptors (Lipinski definition) is 4. The van der Waals surface area contributed by atoms with Crippen molar-refractivity contribution >= 4 is 11.4 Å². The van der Waals surface area contributed by atoms with Crippen LogP contribution in [0.25, 0.3) is 0 Å². The first-order valence-electron chi connectivity index (χ1n) is 2.10. The van der Waals surface area contributed by atoms with Gasteiger partial charge in [-0.25, -0.2) is 0 Å². The van der Waals surface area contributed by atoms with Gasteiger partial charge in [-0.1, -0.05) is 17.7 Å². The van der Waals surface area contributed by atoms with Crippen LogP contribution in [-0.2, 0) is 0 Å². The van der Waals surface area contributed by atoms with Gasteiger partial charge in [-0.15, -0.1) is 0 Å². The molecule has 9 heavy (non-hydrogen) atoms. The van der Waals surface area contributed by atoms with Gasteiger partial charge in [0.2, 0.25) is 0 Å². The Bertz CT molecular complexity index is 113. The smallest absolute Gasteiger partial charge is 0.101 e. The van der Waals surface area contributed by atoms with E-state index in [0.29, 0.717) is 11.4 Å². The van der Waals surface area contributed by atoms with Crippen molar-refractivity contribution in [3.63, 3.8) is 0 Å². The largest absolute Gasteiger partial charge is 0.411 e. The van der Waals surface area contributed by atoms with Crippen LogP contribution >= 0.6 is 0 Å². The lowest BCUT2D eigenvalue weighted by Gasteiger charge is -1.88. The summed E-state index contributed by atoms with van der Waals surface area (Å²) >= 11 is 0. The molecule has 0 radical (unpaired) electrons. The first-order valence-corrected chi connectivity index (χ1v) is 2.10.